The van der Waals surface area contributed by atoms with Crippen LogP contribution in [0.25, 0.3) is 11.1 Å². The number of aromatic nitrogens is 3. The van der Waals surface area contributed by atoms with Crippen LogP contribution in [0.1, 0.15) is 5.69 Å². The van der Waals surface area contributed by atoms with Gasteiger partial charge in [0.1, 0.15) is 11.7 Å². The third kappa shape index (κ3) is 0.817. The number of hydrazine groups is 1. The van der Waals surface area contributed by atoms with E-state index in [-0.39, 0.29) is 0 Å². The number of anilines is 1. The Labute approximate surface area is 67.7 Å². The molecule has 0 amide bonds. The SMILES string of the molecule is Cc1noc2ncnc(NN)c12. The molecule has 0 aromatic carbocycles. The van der Waals surface area contributed by atoms with Crippen molar-refractivity contribution in [3.05, 3.63) is 12.0 Å². The summed E-state index contributed by atoms with van der Waals surface area (Å²) in [6.07, 6.45) is 1.36. The lowest BCUT2D eigenvalue weighted by Gasteiger charge is -1.96. The molecule has 0 unspecified atom stereocenters. The lowest BCUT2D eigenvalue weighted by atomic mass is 10.3. The fourth-order valence-corrected chi connectivity index (χ4v) is 1.03. The van der Waals surface area contributed by atoms with E-state index in [0.717, 1.165) is 11.1 Å². The summed E-state index contributed by atoms with van der Waals surface area (Å²) in [7, 11) is 0. The van der Waals surface area contributed by atoms with Gasteiger partial charge in [0.2, 0.25) is 0 Å². The van der Waals surface area contributed by atoms with Gasteiger partial charge in [0.15, 0.2) is 5.82 Å². The predicted octanol–water partition coefficient (Wildman–Crippen LogP) is 0.212. The van der Waals surface area contributed by atoms with E-state index in [1.165, 1.54) is 6.33 Å². The molecule has 0 saturated carbocycles. The van der Waals surface area contributed by atoms with Crippen LogP contribution in [0.4, 0.5) is 5.82 Å². The third-order valence-electron chi connectivity index (χ3n) is 1.58. The Kier molecular flexibility index (Phi) is 1.41. The molecular formula is C6H7N5O. The highest BCUT2D eigenvalue weighted by molar-refractivity contribution is 5.86. The summed E-state index contributed by atoms with van der Waals surface area (Å²) in [5.74, 6) is 5.76. The molecule has 0 atom stereocenters. The lowest BCUT2D eigenvalue weighted by molar-refractivity contribution is 0.442. The minimum absolute atomic E-state index is 0.440. The average molecular weight is 165 g/mol. The molecule has 12 heavy (non-hydrogen) atoms. The topological polar surface area (TPSA) is 89.9 Å². The number of hydrogen-bond donors (Lipinski definition) is 2. The molecule has 2 aromatic rings. The van der Waals surface area contributed by atoms with E-state index < -0.39 is 0 Å². The van der Waals surface area contributed by atoms with E-state index in [0.29, 0.717) is 11.5 Å². The van der Waals surface area contributed by atoms with Crippen molar-refractivity contribution in [1.82, 2.24) is 15.1 Å². The first-order valence-corrected chi connectivity index (χ1v) is 3.36. The Balaban J connectivity index is 2.84. The minimum Gasteiger partial charge on any atom is -0.335 e. The Morgan fingerprint density at radius 1 is 1.50 bits per heavy atom. The standard InChI is InChI=1S/C6H7N5O/c1-3-4-5(10-7)8-2-9-6(4)12-11-3/h2H,7H2,1H3,(H,8,9,10). The van der Waals surface area contributed by atoms with Gasteiger partial charge >= 0.3 is 0 Å². The second kappa shape index (κ2) is 2.42. The molecule has 0 radical (unpaired) electrons. The van der Waals surface area contributed by atoms with E-state index >= 15 is 0 Å². The van der Waals surface area contributed by atoms with E-state index in [1.54, 1.807) is 6.92 Å². The highest BCUT2D eigenvalue weighted by Gasteiger charge is 2.09. The number of nitrogens with two attached hydrogens (primary N) is 1. The van der Waals surface area contributed by atoms with Crippen molar-refractivity contribution >= 4 is 16.9 Å². The number of hydrogen-bond acceptors (Lipinski definition) is 6. The van der Waals surface area contributed by atoms with Crippen LogP contribution in [0.5, 0.6) is 0 Å². The molecule has 3 N–H and O–H groups in total. The molecular weight excluding hydrogens is 158 g/mol. The largest absolute Gasteiger partial charge is 0.335 e. The zero-order valence-electron chi connectivity index (χ0n) is 6.40. The van der Waals surface area contributed by atoms with Crippen LogP contribution in [0.15, 0.2) is 10.9 Å². The van der Waals surface area contributed by atoms with Crippen molar-refractivity contribution in [2.45, 2.75) is 6.92 Å². The number of rotatable bonds is 1. The molecule has 0 bridgehead atoms. The van der Waals surface area contributed by atoms with Crippen LogP contribution < -0.4 is 11.3 Å². The van der Waals surface area contributed by atoms with Crippen LogP contribution in [0, 0.1) is 6.92 Å². The van der Waals surface area contributed by atoms with Gasteiger partial charge in [0.25, 0.3) is 5.71 Å². The normalized spacial score (nSPS) is 10.5. The Morgan fingerprint density at radius 3 is 3.08 bits per heavy atom. The molecule has 2 rings (SSSR count). The lowest BCUT2D eigenvalue weighted by Crippen LogP contribution is -2.09. The number of aryl methyl sites for hydroxylation is 1. The van der Waals surface area contributed by atoms with Gasteiger partial charge in [0, 0.05) is 0 Å². The Bertz CT molecular complexity index is 409. The van der Waals surface area contributed by atoms with Crippen molar-refractivity contribution in [1.29, 1.82) is 0 Å². The predicted molar refractivity (Wildman–Crippen MR) is 42.1 cm³/mol. The van der Waals surface area contributed by atoms with Crippen LogP contribution in [0.2, 0.25) is 0 Å². The van der Waals surface area contributed by atoms with E-state index in [9.17, 15) is 0 Å². The first kappa shape index (κ1) is 6.99. The Morgan fingerprint density at radius 2 is 2.33 bits per heavy atom. The zero-order chi connectivity index (χ0) is 8.55. The summed E-state index contributed by atoms with van der Waals surface area (Å²) < 4.78 is 4.89. The van der Waals surface area contributed by atoms with Crippen LogP contribution >= 0.6 is 0 Å². The van der Waals surface area contributed by atoms with Gasteiger partial charge in [-0.3, -0.25) is 0 Å². The number of fused-ring (bicyclic) bond motifs is 1. The van der Waals surface area contributed by atoms with Crippen LogP contribution in [-0.4, -0.2) is 15.1 Å². The van der Waals surface area contributed by atoms with Gasteiger partial charge < -0.3 is 9.95 Å². The van der Waals surface area contributed by atoms with Crippen molar-refractivity contribution in [3.63, 3.8) is 0 Å². The monoisotopic (exact) mass is 165 g/mol. The number of nitrogen functional groups attached to an aromatic ring is 1. The summed E-state index contributed by atoms with van der Waals surface area (Å²) in [5.41, 5.74) is 3.61. The average Bonchev–Trinajstić information content (AvgIpc) is 2.48. The molecule has 0 aliphatic heterocycles. The minimum atomic E-state index is 0.440. The van der Waals surface area contributed by atoms with E-state index in [2.05, 4.69) is 20.6 Å². The summed E-state index contributed by atoms with van der Waals surface area (Å²) in [5, 5.41) is 4.45. The molecule has 0 saturated heterocycles. The quantitative estimate of drug-likeness (QED) is 0.463. The molecule has 2 heterocycles. The maximum absolute atomic E-state index is 5.23. The molecule has 0 aliphatic carbocycles. The first-order chi connectivity index (χ1) is 5.83. The van der Waals surface area contributed by atoms with Gasteiger partial charge in [-0.15, -0.1) is 0 Å². The summed E-state index contributed by atoms with van der Waals surface area (Å²) in [4.78, 5) is 7.79. The van der Waals surface area contributed by atoms with E-state index in [1.807, 2.05) is 0 Å². The van der Waals surface area contributed by atoms with Crippen molar-refractivity contribution in [3.8, 4) is 0 Å². The third-order valence-corrected chi connectivity index (χ3v) is 1.58. The van der Waals surface area contributed by atoms with Crippen LogP contribution in [-0.2, 0) is 0 Å². The van der Waals surface area contributed by atoms with Gasteiger partial charge in [-0.25, -0.2) is 10.8 Å². The first-order valence-electron chi connectivity index (χ1n) is 3.36. The van der Waals surface area contributed by atoms with Gasteiger partial charge in [0.05, 0.1) is 5.69 Å². The Hall–Kier alpha value is -1.69. The molecule has 0 fully saturated rings. The van der Waals surface area contributed by atoms with Gasteiger partial charge in [-0.2, -0.15) is 4.98 Å². The number of nitrogens with zero attached hydrogens (tertiary/aromatic N) is 3. The second-order valence-corrected chi connectivity index (χ2v) is 2.31. The molecule has 2 aromatic heterocycles. The summed E-state index contributed by atoms with van der Waals surface area (Å²) >= 11 is 0. The van der Waals surface area contributed by atoms with E-state index in [4.69, 9.17) is 10.4 Å². The smallest absolute Gasteiger partial charge is 0.263 e. The van der Waals surface area contributed by atoms with Crippen molar-refractivity contribution in [2.24, 2.45) is 5.84 Å². The van der Waals surface area contributed by atoms with Gasteiger partial charge in [-0.1, -0.05) is 5.16 Å². The van der Waals surface area contributed by atoms with Crippen LogP contribution in [0.3, 0.4) is 0 Å². The molecule has 0 spiro atoms. The molecule has 0 aliphatic rings. The molecule has 62 valence electrons. The number of nitrogens with one attached hydrogen (secondary N) is 1. The van der Waals surface area contributed by atoms with Crippen molar-refractivity contribution in [2.75, 3.05) is 5.43 Å². The molecule has 6 heteroatoms. The highest BCUT2D eigenvalue weighted by Crippen LogP contribution is 2.20. The fraction of sp³-hybridized carbons (Fsp3) is 0.167. The summed E-state index contributed by atoms with van der Waals surface area (Å²) in [6, 6.07) is 0. The maximum atomic E-state index is 5.23. The zero-order valence-corrected chi connectivity index (χ0v) is 6.40. The molecule has 6 nitrogen and oxygen atoms in total. The highest BCUT2D eigenvalue weighted by atomic mass is 16.5. The maximum Gasteiger partial charge on any atom is 0.263 e. The fourth-order valence-electron chi connectivity index (χ4n) is 1.03. The van der Waals surface area contributed by atoms with Crippen molar-refractivity contribution < 1.29 is 4.52 Å². The van der Waals surface area contributed by atoms with Gasteiger partial charge in [-0.05, 0) is 6.92 Å². The second-order valence-electron chi connectivity index (χ2n) is 2.31. The summed E-state index contributed by atoms with van der Waals surface area (Å²) in [6.45, 7) is 1.80.